The van der Waals surface area contributed by atoms with Gasteiger partial charge in [-0.05, 0) is 65.2 Å². The largest absolute Gasteiger partial charge is 0.396 e. The van der Waals surface area contributed by atoms with Crippen molar-refractivity contribution in [3.8, 4) is 0 Å². The van der Waals surface area contributed by atoms with E-state index in [0.29, 0.717) is 6.61 Å². The third-order valence-electron chi connectivity index (χ3n) is 3.50. The Morgan fingerprint density at radius 1 is 1.19 bits per heavy atom. The SMILES string of the molecule is CC1CCCCN1CCCNCCCCO. The standard InChI is InChI=1S/C13H28N2O/c1-13-7-2-4-10-15(13)11-6-9-14-8-3-5-12-16/h13-14,16H,2-12H2,1H3. The number of rotatable bonds is 8. The van der Waals surface area contributed by atoms with E-state index in [9.17, 15) is 0 Å². The second kappa shape index (κ2) is 8.97. The lowest BCUT2D eigenvalue weighted by molar-refractivity contribution is 0.159. The topological polar surface area (TPSA) is 35.5 Å². The third-order valence-corrected chi connectivity index (χ3v) is 3.50. The van der Waals surface area contributed by atoms with Gasteiger partial charge in [0.05, 0.1) is 0 Å². The molecule has 0 aromatic heterocycles. The number of unbranched alkanes of at least 4 members (excludes halogenated alkanes) is 1. The highest BCUT2D eigenvalue weighted by molar-refractivity contribution is 4.72. The van der Waals surface area contributed by atoms with Gasteiger partial charge >= 0.3 is 0 Å². The highest BCUT2D eigenvalue weighted by Crippen LogP contribution is 2.15. The molecule has 1 atom stereocenters. The van der Waals surface area contributed by atoms with Crippen molar-refractivity contribution in [1.82, 2.24) is 10.2 Å². The van der Waals surface area contributed by atoms with E-state index >= 15 is 0 Å². The maximum Gasteiger partial charge on any atom is 0.0431 e. The molecule has 1 saturated heterocycles. The van der Waals surface area contributed by atoms with Gasteiger partial charge in [0.1, 0.15) is 0 Å². The molecule has 0 amide bonds. The van der Waals surface area contributed by atoms with Crippen LogP contribution in [0.3, 0.4) is 0 Å². The van der Waals surface area contributed by atoms with Crippen molar-refractivity contribution in [2.24, 2.45) is 0 Å². The van der Waals surface area contributed by atoms with Gasteiger partial charge in [-0.3, -0.25) is 0 Å². The van der Waals surface area contributed by atoms with Crippen LogP contribution in [-0.4, -0.2) is 48.8 Å². The van der Waals surface area contributed by atoms with Crippen LogP contribution in [0.5, 0.6) is 0 Å². The van der Waals surface area contributed by atoms with Crippen molar-refractivity contribution in [2.45, 2.75) is 51.5 Å². The van der Waals surface area contributed by atoms with Gasteiger partial charge in [-0.25, -0.2) is 0 Å². The molecule has 3 heteroatoms. The summed E-state index contributed by atoms with van der Waals surface area (Å²) in [6.07, 6.45) is 7.45. The second-order valence-corrected chi connectivity index (χ2v) is 4.92. The first-order valence-corrected chi connectivity index (χ1v) is 6.90. The Hall–Kier alpha value is -0.120. The predicted octanol–water partition coefficient (Wildman–Crippen LogP) is 1.61. The van der Waals surface area contributed by atoms with Gasteiger partial charge in [0.2, 0.25) is 0 Å². The normalized spacial score (nSPS) is 22.5. The highest BCUT2D eigenvalue weighted by Gasteiger charge is 2.16. The summed E-state index contributed by atoms with van der Waals surface area (Å²) in [7, 11) is 0. The van der Waals surface area contributed by atoms with E-state index in [4.69, 9.17) is 5.11 Å². The van der Waals surface area contributed by atoms with Gasteiger partial charge in [0.15, 0.2) is 0 Å². The van der Waals surface area contributed by atoms with Gasteiger partial charge in [-0.15, -0.1) is 0 Å². The number of likely N-dealkylation sites (tertiary alicyclic amines) is 1. The molecular weight excluding hydrogens is 200 g/mol. The summed E-state index contributed by atoms with van der Waals surface area (Å²) in [5.74, 6) is 0. The summed E-state index contributed by atoms with van der Waals surface area (Å²) < 4.78 is 0. The number of hydrogen-bond donors (Lipinski definition) is 2. The minimum Gasteiger partial charge on any atom is -0.396 e. The molecule has 1 fully saturated rings. The molecule has 96 valence electrons. The average molecular weight is 228 g/mol. The van der Waals surface area contributed by atoms with Gasteiger partial charge in [-0.1, -0.05) is 6.42 Å². The Labute approximate surface area is 100 Å². The van der Waals surface area contributed by atoms with Crippen LogP contribution in [0.4, 0.5) is 0 Å². The molecule has 2 N–H and O–H groups in total. The van der Waals surface area contributed by atoms with Gasteiger partial charge < -0.3 is 15.3 Å². The molecule has 1 unspecified atom stereocenters. The zero-order chi connectivity index (χ0) is 11.6. The molecule has 1 aliphatic rings. The Morgan fingerprint density at radius 2 is 2.00 bits per heavy atom. The average Bonchev–Trinajstić information content (AvgIpc) is 2.30. The van der Waals surface area contributed by atoms with Crippen LogP contribution in [0.25, 0.3) is 0 Å². The summed E-state index contributed by atoms with van der Waals surface area (Å²) >= 11 is 0. The number of piperidine rings is 1. The first-order valence-electron chi connectivity index (χ1n) is 6.90. The lowest BCUT2D eigenvalue weighted by atomic mass is 10.0. The van der Waals surface area contributed by atoms with Crippen LogP contribution in [0.15, 0.2) is 0 Å². The van der Waals surface area contributed by atoms with Crippen molar-refractivity contribution in [3.05, 3.63) is 0 Å². The maximum atomic E-state index is 8.63. The Morgan fingerprint density at radius 3 is 2.75 bits per heavy atom. The van der Waals surface area contributed by atoms with Crippen LogP contribution in [0.1, 0.15) is 45.4 Å². The summed E-state index contributed by atoms with van der Waals surface area (Å²) in [4.78, 5) is 2.62. The molecule has 0 aromatic carbocycles. The van der Waals surface area contributed by atoms with Crippen molar-refractivity contribution >= 4 is 0 Å². The molecule has 0 spiro atoms. The minimum atomic E-state index is 0.326. The molecule has 3 nitrogen and oxygen atoms in total. The van der Waals surface area contributed by atoms with Crippen molar-refractivity contribution < 1.29 is 5.11 Å². The van der Waals surface area contributed by atoms with Crippen LogP contribution < -0.4 is 5.32 Å². The minimum absolute atomic E-state index is 0.326. The summed E-state index contributed by atoms with van der Waals surface area (Å²) in [6, 6.07) is 0.795. The smallest absolute Gasteiger partial charge is 0.0431 e. The Kier molecular flexibility index (Phi) is 7.81. The molecule has 1 rings (SSSR count). The lowest BCUT2D eigenvalue weighted by Crippen LogP contribution is -2.38. The molecule has 0 radical (unpaired) electrons. The second-order valence-electron chi connectivity index (χ2n) is 4.92. The molecule has 1 aliphatic heterocycles. The van der Waals surface area contributed by atoms with Crippen molar-refractivity contribution in [1.29, 1.82) is 0 Å². The molecule has 1 heterocycles. The summed E-state index contributed by atoms with van der Waals surface area (Å²) in [5.41, 5.74) is 0. The molecule has 0 aromatic rings. The first kappa shape index (κ1) is 13.9. The van der Waals surface area contributed by atoms with Crippen LogP contribution in [0, 0.1) is 0 Å². The zero-order valence-corrected chi connectivity index (χ0v) is 10.7. The Bertz CT molecular complexity index is 164. The lowest BCUT2D eigenvalue weighted by Gasteiger charge is -2.33. The fourth-order valence-corrected chi connectivity index (χ4v) is 2.38. The maximum absolute atomic E-state index is 8.63. The highest BCUT2D eigenvalue weighted by atomic mass is 16.2. The fourth-order valence-electron chi connectivity index (χ4n) is 2.38. The first-order chi connectivity index (χ1) is 7.84. The fraction of sp³-hybridized carbons (Fsp3) is 1.00. The third kappa shape index (κ3) is 5.83. The van der Waals surface area contributed by atoms with Crippen molar-refractivity contribution in [2.75, 3.05) is 32.8 Å². The number of nitrogens with zero attached hydrogens (tertiary/aromatic N) is 1. The van der Waals surface area contributed by atoms with Crippen molar-refractivity contribution in [3.63, 3.8) is 0 Å². The van der Waals surface area contributed by atoms with Crippen LogP contribution in [-0.2, 0) is 0 Å². The summed E-state index contributed by atoms with van der Waals surface area (Å²) in [6.45, 7) is 7.39. The molecule has 0 saturated carbocycles. The molecule has 0 bridgehead atoms. The molecule has 16 heavy (non-hydrogen) atoms. The monoisotopic (exact) mass is 228 g/mol. The number of nitrogens with one attached hydrogen (secondary N) is 1. The van der Waals surface area contributed by atoms with E-state index in [1.54, 1.807) is 0 Å². The molecular formula is C13H28N2O. The molecule has 0 aliphatic carbocycles. The van der Waals surface area contributed by atoms with E-state index in [1.165, 1.54) is 38.8 Å². The van der Waals surface area contributed by atoms with E-state index in [-0.39, 0.29) is 0 Å². The van der Waals surface area contributed by atoms with Crippen LogP contribution >= 0.6 is 0 Å². The zero-order valence-electron chi connectivity index (χ0n) is 10.7. The van der Waals surface area contributed by atoms with E-state index in [2.05, 4.69) is 17.1 Å². The number of aliphatic hydroxyl groups excluding tert-OH is 1. The number of hydrogen-bond acceptors (Lipinski definition) is 3. The quantitative estimate of drug-likeness (QED) is 0.620. The van der Waals surface area contributed by atoms with Gasteiger partial charge in [0.25, 0.3) is 0 Å². The van der Waals surface area contributed by atoms with E-state index in [0.717, 1.165) is 32.0 Å². The predicted molar refractivity (Wildman–Crippen MR) is 68.7 cm³/mol. The van der Waals surface area contributed by atoms with Gasteiger partial charge in [0, 0.05) is 12.6 Å². The van der Waals surface area contributed by atoms with Crippen LogP contribution in [0.2, 0.25) is 0 Å². The van der Waals surface area contributed by atoms with Gasteiger partial charge in [-0.2, -0.15) is 0 Å². The number of aliphatic hydroxyl groups is 1. The summed E-state index contributed by atoms with van der Waals surface area (Å²) in [5, 5.41) is 12.1. The van der Waals surface area contributed by atoms with E-state index in [1.807, 2.05) is 0 Å². The van der Waals surface area contributed by atoms with E-state index < -0.39 is 0 Å². The Balaban J connectivity index is 1.90.